The molecular formula is C13H16N4O. The number of anilines is 1. The number of rotatable bonds is 2. The SMILES string of the molecule is O=C(Nc1nc2ccccc2[nH]1)C1CCCCN1. The van der Waals surface area contributed by atoms with Gasteiger partial charge < -0.3 is 10.3 Å². The second kappa shape index (κ2) is 4.78. The van der Waals surface area contributed by atoms with Gasteiger partial charge in [0.05, 0.1) is 17.1 Å². The molecule has 18 heavy (non-hydrogen) atoms. The molecule has 2 aromatic rings. The molecule has 1 aliphatic heterocycles. The minimum absolute atomic E-state index is 0.00578. The van der Waals surface area contributed by atoms with Crippen molar-refractivity contribution in [2.75, 3.05) is 11.9 Å². The molecule has 0 aliphatic carbocycles. The van der Waals surface area contributed by atoms with Gasteiger partial charge in [0.15, 0.2) is 0 Å². The lowest BCUT2D eigenvalue weighted by Crippen LogP contribution is -2.43. The summed E-state index contributed by atoms with van der Waals surface area (Å²) in [5.41, 5.74) is 1.80. The Hall–Kier alpha value is -1.88. The molecule has 94 valence electrons. The Kier molecular flexibility index (Phi) is 2.98. The van der Waals surface area contributed by atoms with Crippen molar-refractivity contribution in [3.05, 3.63) is 24.3 Å². The fourth-order valence-corrected chi connectivity index (χ4v) is 2.29. The number of para-hydroxylation sites is 2. The number of hydrogen-bond donors (Lipinski definition) is 3. The Labute approximate surface area is 105 Å². The van der Waals surface area contributed by atoms with Crippen LogP contribution in [0.3, 0.4) is 0 Å². The Morgan fingerprint density at radius 3 is 3.00 bits per heavy atom. The van der Waals surface area contributed by atoms with Gasteiger partial charge in [-0.25, -0.2) is 4.98 Å². The third kappa shape index (κ3) is 2.22. The summed E-state index contributed by atoms with van der Waals surface area (Å²) in [6.45, 7) is 0.915. The summed E-state index contributed by atoms with van der Waals surface area (Å²) in [4.78, 5) is 19.4. The quantitative estimate of drug-likeness (QED) is 0.752. The molecule has 1 fully saturated rings. The molecule has 3 N–H and O–H groups in total. The van der Waals surface area contributed by atoms with E-state index in [1.807, 2.05) is 24.3 Å². The smallest absolute Gasteiger partial charge is 0.243 e. The lowest BCUT2D eigenvalue weighted by molar-refractivity contribution is -0.118. The van der Waals surface area contributed by atoms with E-state index in [-0.39, 0.29) is 11.9 Å². The minimum atomic E-state index is -0.0908. The molecule has 1 aliphatic rings. The summed E-state index contributed by atoms with van der Waals surface area (Å²) in [6, 6.07) is 7.63. The van der Waals surface area contributed by atoms with Crippen LogP contribution in [0.15, 0.2) is 24.3 Å². The molecule has 1 aromatic heterocycles. The summed E-state index contributed by atoms with van der Waals surface area (Å²) in [5, 5.41) is 6.05. The predicted molar refractivity (Wildman–Crippen MR) is 70.4 cm³/mol. The van der Waals surface area contributed by atoms with Crippen LogP contribution in [-0.2, 0) is 4.79 Å². The van der Waals surface area contributed by atoms with E-state index in [1.165, 1.54) is 0 Å². The van der Waals surface area contributed by atoms with Crippen molar-refractivity contribution in [1.29, 1.82) is 0 Å². The van der Waals surface area contributed by atoms with Crippen molar-refractivity contribution in [1.82, 2.24) is 15.3 Å². The number of fused-ring (bicyclic) bond motifs is 1. The highest BCUT2D eigenvalue weighted by Crippen LogP contribution is 2.14. The molecule has 1 atom stereocenters. The predicted octanol–water partition coefficient (Wildman–Crippen LogP) is 1.64. The molecule has 5 heteroatoms. The van der Waals surface area contributed by atoms with Gasteiger partial charge in [-0.15, -0.1) is 0 Å². The van der Waals surface area contributed by atoms with Crippen LogP contribution in [0.4, 0.5) is 5.95 Å². The van der Waals surface area contributed by atoms with Gasteiger partial charge in [0.1, 0.15) is 0 Å². The number of piperidine rings is 1. The molecule has 1 unspecified atom stereocenters. The number of carbonyl (C=O) groups is 1. The van der Waals surface area contributed by atoms with E-state index in [1.54, 1.807) is 0 Å². The maximum Gasteiger partial charge on any atom is 0.243 e. The number of nitrogens with one attached hydrogen (secondary N) is 3. The van der Waals surface area contributed by atoms with Crippen molar-refractivity contribution >= 4 is 22.9 Å². The number of benzene rings is 1. The first-order chi connectivity index (χ1) is 8.83. The zero-order valence-corrected chi connectivity index (χ0v) is 10.1. The number of amides is 1. The van der Waals surface area contributed by atoms with Crippen molar-refractivity contribution in [3.8, 4) is 0 Å². The maximum absolute atomic E-state index is 12.0. The molecule has 5 nitrogen and oxygen atoms in total. The van der Waals surface area contributed by atoms with Crippen LogP contribution >= 0.6 is 0 Å². The second-order valence-corrected chi connectivity index (χ2v) is 4.59. The van der Waals surface area contributed by atoms with Gasteiger partial charge in [0.25, 0.3) is 0 Å². The molecule has 1 aromatic carbocycles. The fourth-order valence-electron chi connectivity index (χ4n) is 2.29. The lowest BCUT2D eigenvalue weighted by atomic mass is 10.0. The minimum Gasteiger partial charge on any atom is -0.324 e. The van der Waals surface area contributed by atoms with Gasteiger partial charge >= 0.3 is 0 Å². The van der Waals surface area contributed by atoms with Gasteiger partial charge in [-0.3, -0.25) is 10.1 Å². The number of imidazole rings is 1. The number of aromatic nitrogens is 2. The molecule has 1 amide bonds. The van der Waals surface area contributed by atoms with Gasteiger partial charge in [-0.2, -0.15) is 0 Å². The van der Waals surface area contributed by atoms with Crippen molar-refractivity contribution in [3.63, 3.8) is 0 Å². The van der Waals surface area contributed by atoms with Crippen LogP contribution in [0.2, 0.25) is 0 Å². The number of carbonyl (C=O) groups excluding carboxylic acids is 1. The van der Waals surface area contributed by atoms with Crippen molar-refractivity contribution in [2.45, 2.75) is 25.3 Å². The number of H-pyrrole nitrogens is 1. The van der Waals surface area contributed by atoms with Crippen LogP contribution in [0.25, 0.3) is 11.0 Å². The third-order valence-electron chi connectivity index (χ3n) is 3.26. The van der Waals surface area contributed by atoms with Gasteiger partial charge in [-0.05, 0) is 31.5 Å². The highest BCUT2D eigenvalue weighted by molar-refractivity contribution is 5.94. The second-order valence-electron chi connectivity index (χ2n) is 4.59. The van der Waals surface area contributed by atoms with Crippen molar-refractivity contribution < 1.29 is 4.79 Å². The molecular weight excluding hydrogens is 228 g/mol. The first-order valence-electron chi connectivity index (χ1n) is 6.32. The monoisotopic (exact) mass is 244 g/mol. The summed E-state index contributed by atoms with van der Waals surface area (Å²) in [5.74, 6) is 0.516. The van der Waals surface area contributed by atoms with Gasteiger partial charge in [0.2, 0.25) is 11.9 Å². The van der Waals surface area contributed by atoms with Crippen LogP contribution in [-0.4, -0.2) is 28.5 Å². The Morgan fingerprint density at radius 2 is 2.22 bits per heavy atom. The number of aromatic amines is 1. The average molecular weight is 244 g/mol. The molecule has 0 saturated carbocycles. The third-order valence-corrected chi connectivity index (χ3v) is 3.26. The van der Waals surface area contributed by atoms with Crippen molar-refractivity contribution in [2.24, 2.45) is 0 Å². The van der Waals surface area contributed by atoms with E-state index in [4.69, 9.17) is 0 Å². The number of hydrogen-bond acceptors (Lipinski definition) is 3. The average Bonchev–Trinajstić information content (AvgIpc) is 2.82. The summed E-state index contributed by atoms with van der Waals surface area (Å²) in [7, 11) is 0. The Balaban J connectivity index is 1.73. The number of nitrogens with zero attached hydrogens (tertiary/aromatic N) is 1. The van der Waals surface area contributed by atoms with Crippen LogP contribution < -0.4 is 10.6 Å². The Bertz CT molecular complexity index is 524. The van der Waals surface area contributed by atoms with E-state index in [0.717, 1.165) is 36.8 Å². The van der Waals surface area contributed by atoms with Crippen LogP contribution in [0.1, 0.15) is 19.3 Å². The summed E-state index contributed by atoms with van der Waals surface area (Å²) >= 11 is 0. The summed E-state index contributed by atoms with van der Waals surface area (Å²) in [6.07, 6.45) is 3.14. The largest absolute Gasteiger partial charge is 0.324 e. The highest BCUT2D eigenvalue weighted by Gasteiger charge is 2.21. The lowest BCUT2D eigenvalue weighted by Gasteiger charge is -2.21. The van der Waals surface area contributed by atoms with Crippen LogP contribution in [0.5, 0.6) is 0 Å². The first-order valence-corrected chi connectivity index (χ1v) is 6.32. The Morgan fingerprint density at radius 1 is 1.33 bits per heavy atom. The fraction of sp³-hybridized carbons (Fsp3) is 0.385. The molecule has 1 saturated heterocycles. The van der Waals surface area contributed by atoms with E-state index >= 15 is 0 Å². The van der Waals surface area contributed by atoms with E-state index in [9.17, 15) is 4.79 Å². The normalized spacial score (nSPS) is 19.9. The molecule has 0 radical (unpaired) electrons. The van der Waals surface area contributed by atoms with Crippen LogP contribution in [0, 0.1) is 0 Å². The highest BCUT2D eigenvalue weighted by atomic mass is 16.2. The van der Waals surface area contributed by atoms with Gasteiger partial charge in [-0.1, -0.05) is 18.6 Å². The topological polar surface area (TPSA) is 69.8 Å². The maximum atomic E-state index is 12.0. The van der Waals surface area contributed by atoms with E-state index in [2.05, 4.69) is 20.6 Å². The zero-order chi connectivity index (χ0) is 12.4. The molecule has 0 spiro atoms. The summed E-state index contributed by atoms with van der Waals surface area (Å²) < 4.78 is 0. The first kappa shape index (κ1) is 11.2. The van der Waals surface area contributed by atoms with E-state index < -0.39 is 0 Å². The van der Waals surface area contributed by atoms with Gasteiger partial charge in [0, 0.05) is 0 Å². The zero-order valence-electron chi connectivity index (χ0n) is 10.1. The van der Waals surface area contributed by atoms with E-state index in [0.29, 0.717) is 5.95 Å². The molecule has 0 bridgehead atoms. The molecule has 3 rings (SSSR count). The standard InChI is InChI=1S/C13H16N4O/c18-12(11-7-3-4-8-14-11)17-13-15-9-5-1-2-6-10(9)16-13/h1-2,5-6,11,14H,3-4,7-8H2,(H2,15,16,17,18). The molecule has 2 heterocycles.